The maximum Gasteiger partial charge on any atom is 0.276 e. The molecule has 6 nitrogen and oxygen atoms in total. The third-order valence-electron chi connectivity index (χ3n) is 4.52. The summed E-state index contributed by atoms with van der Waals surface area (Å²) in [5, 5.41) is 11.7. The fourth-order valence-electron chi connectivity index (χ4n) is 3.06. The number of nitrogens with zero attached hydrogens (tertiary/aromatic N) is 3. The number of amides is 1. The molecule has 0 aromatic heterocycles. The van der Waals surface area contributed by atoms with Gasteiger partial charge in [0.05, 0.1) is 10.5 Å². The summed E-state index contributed by atoms with van der Waals surface area (Å²) in [5.41, 5.74) is 1.60. The molecule has 0 bridgehead atoms. The van der Waals surface area contributed by atoms with E-state index in [1.807, 2.05) is 24.3 Å². The highest BCUT2D eigenvalue weighted by atomic mass is 35.5. The molecule has 2 aromatic rings. The minimum atomic E-state index is -0.423. The topological polar surface area (TPSA) is 66.7 Å². The SMILES string of the molecule is O=C(C=CC=Cc1ccccc1[N+](=O)[O-])N1CCN(c2cccc(Cl)c2)CC1. The Kier molecular flexibility index (Phi) is 6.45. The molecule has 0 atom stereocenters. The summed E-state index contributed by atoms with van der Waals surface area (Å²) in [4.78, 5) is 26.9. The van der Waals surface area contributed by atoms with E-state index in [1.165, 1.54) is 12.1 Å². The predicted molar refractivity (Wildman–Crippen MR) is 112 cm³/mol. The molecule has 0 saturated carbocycles. The molecule has 1 aliphatic rings. The zero-order valence-corrected chi connectivity index (χ0v) is 16.0. The Morgan fingerprint density at radius 3 is 2.50 bits per heavy atom. The normalized spacial score (nSPS) is 14.8. The number of hydrogen-bond acceptors (Lipinski definition) is 4. The number of benzene rings is 2. The second kappa shape index (κ2) is 9.19. The highest BCUT2D eigenvalue weighted by Crippen LogP contribution is 2.21. The summed E-state index contributed by atoms with van der Waals surface area (Å²) >= 11 is 6.04. The number of carbonyl (C=O) groups excluding carboxylic acids is 1. The van der Waals surface area contributed by atoms with E-state index in [9.17, 15) is 14.9 Å². The van der Waals surface area contributed by atoms with Crippen LogP contribution >= 0.6 is 11.6 Å². The van der Waals surface area contributed by atoms with Crippen molar-refractivity contribution in [2.75, 3.05) is 31.1 Å². The summed E-state index contributed by atoms with van der Waals surface area (Å²) in [7, 11) is 0. The zero-order chi connectivity index (χ0) is 19.9. The van der Waals surface area contributed by atoms with E-state index < -0.39 is 4.92 Å². The Morgan fingerprint density at radius 2 is 1.79 bits per heavy atom. The Balaban J connectivity index is 1.54. The van der Waals surface area contributed by atoms with Crippen molar-refractivity contribution in [3.8, 4) is 0 Å². The number of rotatable bonds is 5. The molecule has 1 aliphatic heterocycles. The molecule has 0 spiro atoms. The van der Waals surface area contributed by atoms with Crippen LogP contribution in [0.1, 0.15) is 5.56 Å². The van der Waals surface area contributed by atoms with Gasteiger partial charge in [0.15, 0.2) is 0 Å². The molecule has 1 heterocycles. The van der Waals surface area contributed by atoms with E-state index >= 15 is 0 Å². The average molecular weight is 398 g/mol. The first kappa shape index (κ1) is 19.6. The molecule has 144 valence electrons. The van der Waals surface area contributed by atoms with Gasteiger partial charge in [-0.2, -0.15) is 0 Å². The van der Waals surface area contributed by atoms with Gasteiger partial charge in [0.1, 0.15) is 0 Å². The third kappa shape index (κ3) is 4.98. The number of allylic oxidation sites excluding steroid dienone is 2. The molecule has 7 heteroatoms. The molecule has 0 radical (unpaired) electrons. The number of halogens is 1. The van der Waals surface area contributed by atoms with Gasteiger partial charge in [-0.25, -0.2) is 0 Å². The first-order valence-corrected chi connectivity index (χ1v) is 9.30. The van der Waals surface area contributed by atoms with Crippen molar-refractivity contribution in [3.05, 3.63) is 87.5 Å². The van der Waals surface area contributed by atoms with Gasteiger partial charge in [-0.1, -0.05) is 42.0 Å². The minimum absolute atomic E-state index is 0.0376. The van der Waals surface area contributed by atoms with E-state index in [0.29, 0.717) is 23.7 Å². The van der Waals surface area contributed by atoms with Crippen molar-refractivity contribution >= 4 is 35.0 Å². The van der Waals surface area contributed by atoms with Crippen LogP contribution in [0.2, 0.25) is 5.02 Å². The van der Waals surface area contributed by atoms with Crippen LogP contribution in [0.3, 0.4) is 0 Å². The Hall–Kier alpha value is -3.12. The van der Waals surface area contributed by atoms with Gasteiger partial charge >= 0.3 is 0 Å². The Morgan fingerprint density at radius 1 is 1.04 bits per heavy atom. The number of para-hydroxylation sites is 1. The second-order valence-corrected chi connectivity index (χ2v) is 6.76. The number of hydrogen-bond donors (Lipinski definition) is 0. The molecule has 1 saturated heterocycles. The summed E-state index contributed by atoms with van der Waals surface area (Å²) < 4.78 is 0. The number of nitro groups is 1. The maximum atomic E-state index is 12.3. The molecular weight excluding hydrogens is 378 g/mol. The van der Waals surface area contributed by atoms with E-state index in [0.717, 1.165) is 18.8 Å². The highest BCUT2D eigenvalue weighted by Gasteiger charge is 2.19. The van der Waals surface area contributed by atoms with Gasteiger partial charge in [-0.05, 0) is 30.3 Å². The number of nitro benzene ring substituents is 1. The standard InChI is InChI=1S/C21H20ClN3O3/c22-18-8-5-9-19(16-18)23-12-14-24(15-13-23)21(26)11-4-2-7-17-6-1-3-10-20(17)25(27)28/h1-11,16H,12-15H2. The van der Waals surface area contributed by atoms with Crippen LogP contribution in [0.15, 0.2) is 66.8 Å². The van der Waals surface area contributed by atoms with Gasteiger partial charge in [-0.15, -0.1) is 0 Å². The third-order valence-corrected chi connectivity index (χ3v) is 4.76. The lowest BCUT2D eigenvalue weighted by Crippen LogP contribution is -2.48. The molecule has 1 amide bonds. The molecule has 0 N–H and O–H groups in total. The van der Waals surface area contributed by atoms with Crippen molar-refractivity contribution in [1.29, 1.82) is 0 Å². The first-order chi connectivity index (χ1) is 13.5. The lowest BCUT2D eigenvalue weighted by molar-refractivity contribution is -0.385. The van der Waals surface area contributed by atoms with Crippen molar-refractivity contribution < 1.29 is 9.72 Å². The van der Waals surface area contributed by atoms with Gasteiger partial charge in [0.25, 0.3) is 5.69 Å². The van der Waals surface area contributed by atoms with E-state index in [1.54, 1.807) is 41.3 Å². The zero-order valence-electron chi connectivity index (χ0n) is 15.2. The van der Waals surface area contributed by atoms with Crippen LogP contribution in [-0.2, 0) is 4.79 Å². The average Bonchev–Trinajstić information content (AvgIpc) is 2.71. The van der Waals surface area contributed by atoms with Crippen LogP contribution in [-0.4, -0.2) is 41.9 Å². The fourth-order valence-corrected chi connectivity index (χ4v) is 3.24. The van der Waals surface area contributed by atoms with Crippen molar-refractivity contribution in [3.63, 3.8) is 0 Å². The van der Waals surface area contributed by atoms with Crippen LogP contribution in [0.25, 0.3) is 6.08 Å². The lowest BCUT2D eigenvalue weighted by atomic mass is 10.1. The molecular formula is C21H20ClN3O3. The smallest absolute Gasteiger partial charge is 0.276 e. The quantitative estimate of drug-likeness (QED) is 0.329. The molecule has 0 unspecified atom stereocenters. The minimum Gasteiger partial charge on any atom is -0.368 e. The molecule has 0 aliphatic carbocycles. The van der Waals surface area contributed by atoms with Crippen molar-refractivity contribution in [2.45, 2.75) is 0 Å². The van der Waals surface area contributed by atoms with Crippen LogP contribution in [0.4, 0.5) is 11.4 Å². The Labute approximate surface area is 168 Å². The Bertz CT molecular complexity index is 919. The van der Waals surface area contributed by atoms with Gasteiger partial charge in [-0.3, -0.25) is 14.9 Å². The van der Waals surface area contributed by atoms with Gasteiger partial charge in [0, 0.05) is 49.0 Å². The van der Waals surface area contributed by atoms with Crippen LogP contribution < -0.4 is 4.90 Å². The predicted octanol–water partition coefficient (Wildman–Crippen LogP) is 4.17. The van der Waals surface area contributed by atoms with Gasteiger partial charge in [0.2, 0.25) is 5.91 Å². The number of carbonyl (C=O) groups is 1. The second-order valence-electron chi connectivity index (χ2n) is 6.33. The molecule has 3 rings (SSSR count). The summed E-state index contributed by atoms with van der Waals surface area (Å²) in [5.74, 6) is -0.0713. The van der Waals surface area contributed by atoms with Crippen LogP contribution in [0, 0.1) is 10.1 Å². The van der Waals surface area contributed by atoms with Crippen molar-refractivity contribution in [2.24, 2.45) is 0 Å². The van der Waals surface area contributed by atoms with Gasteiger partial charge < -0.3 is 9.80 Å². The summed E-state index contributed by atoms with van der Waals surface area (Å²) in [6, 6.07) is 14.2. The first-order valence-electron chi connectivity index (χ1n) is 8.92. The molecule has 2 aromatic carbocycles. The van der Waals surface area contributed by atoms with E-state index in [-0.39, 0.29) is 11.6 Å². The summed E-state index contributed by atoms with van der Waals surface area (Å²) in [6.45, 7) is 2.74. The largest absolute Gasteiger partial charge is 0.368 e. The maximum absolute atomic E-state index is 12.3. The molecule has 28 heavy (non-hydrogen) atoms. The summed E-state index contributed by atoms with van der Waals surface area (Å²) in [6.07, 6.45) is 6.37. The molecule has 1 fully saturated rings. The number of piperazine rings is 1. The highest BCUT2D eigenvalue weighted by molar-refractivity contribution is 6.30. The fraction of sp³-hybridized carbons (Fsp3) is 0.190. The van der Waals surface area contributed by atoms with E-state index in [2.05, 4.69) is 4.90 Å². The lowest BCUT2D eigenvalue weighted by Gasteiger charge is -2.35. The van der Waals surface area contributed by atoms with Crippen molar-refractivity contribution in [1.82, 2.24) is 4.90 Å². The monoisotopic (exact) mass is 397 g/mol. The van der Waals surface area contributed by atoms with Crippen LogP contribution in [0.5, 0.6) is 0 Å². The number of anilines is 1. The van der Waals surface area contributed by atoms with E-state index in [4.69, 9.17) is 11.6 Å².